The molecule has 0 amide bonds. The highest BCUT2D eigenvalue weighted by Gasteiger charge is 2.11. The quantitative estimate of drug-likeness (QED) is 0.672. The van der Waals surface area contributed by atoms with Gasteiger partial charge in [0.15, 0.2) is 5.16 Å². The molecule has 0 aliphatic rings. The summed E-state index contributed by atoms with van der Waals surface area (Å²) in [6.07, 6.45) is 0. The van der Waals surface area contributed by atoms with Crippen LogP contribution in [0.25, 0.3) is 0 Å². The summed E-state index contributed by atoms with van der Waals surface area (Å²) in [7, 11) is 0. The van der Waals surface area contributed by atoms with Gasteiger partial charge in [-0.2, -0.15) is 0 Å². The van der Waals surface area contributed by atoms with Gasteiger partial charge < -0.3 is 5.73 Å². The zero-order chi connectivity index (χ0) is 14.0. The Kier molecular flexibility index (Phi) is 4.21. The van der Waals surface area contributed by atoms with Gasteiger partial charge in [-0.15, -0.1) is 5.10 Å². The van der Waals surface area contributed by atoms with E-state index in [0.29, 0.717) is 21.6 Å². The van der Waals surface area contributed by atoms with Crippen LogP contribution in [0.5, 0.6) is 0 Å². The van der Waals surface area contributed by atoms with Gasteiger partial charge in [-0.1, -0.05) is 29.4 Å². The van der Waals surface area contributed by atoms with Crippen molar-refractivity contribution in [2.45, 2.75) is 30.8 Å². The van der Waals surface area contributed by atoms with Crippen LogP contribution in [0.2, 0.25) is 5.02 Å². The number of halogens is 1. The molecule has 19 heavy (non-hydrogen) atoms. The van der Waals surface area contributed by atoms with Gasteiger partial charge in [-0.05, 0) is 31.5 Å². The summed E-state index contributed by atoms with van der Waals surface area (Å²) in [4.78, 5) is 11.6. The molecule has 0 spiro atoms. The standard InChI is InChI=1S/C12H15ClN4OS/c1-7(2)17-11(18)15-16-12(17)19-6-8-3-4-9(13)10(14)5-8/h3-5,7H,6,14H2,1-2H3,(H,15,18). The third-order valence-corrected chi connectivity index (χ3v) is 3.98. The molecule has 0 unspecified atom stereocenters. The first-order chi connectivity index (χ1) is 8.99. The van der Waals surface area contributed by atoms with E-state index in [-0.39, 0.29) is 11.7 Å². The number of nitrogens with zero attached hydrogens (tertiary/aromatic N) is 2. The van der Waals surface area contributed by atoms with E-state index in [1.54, 1.807) is 10.6 Å². The minimum Gasteiger partial charge on any atom is -0.398 e. The van der Waals surface area contributed by atoms with Crippen LogP contribution in [0.1, 0.15) is 25.5 Å². The number of H-pyrrole nitrogens is 1. The molecule has 2 rings (SSSR count). The largest absolute Gasteiger partial charge is 0.398 e. The fraction of sp³-hybridized carbons (Fsp3) is 0.333. The molecule has 0 aliphatic heterocycles. The number of nitrogen functional groups attached to an aromatic ring is 1. The van der Waals surface area contributed by atoms with Crippen molar-refractivity contribution in [3.8, 4) is 0 Å². The lowest BCUT2D eigenvalue weighted by Crippen LogP contribution is -2.19. The zero-order valence-corrected chi connectivity index (χ0v) is 12.3. The molecule has 0 saturated carbocycles. The van der Waals surface area contributed by atoms with E-state index in [1.165, 1.54) is 11.8 Å². The number of hydrogen-bond acceptors (Lipinski definition) is 4. The van der Waals surface area contributed by atoms with Crippen molar-refractivity contribution in [1.29, 1.82) is 0 Å². The molecular weight excluding hydrogens is 284 g/mol. The Labute approximate surface area is 120 Å². The van der Waals surface area contributed by atoms with Gasteiger partial charge in [0, 0.05) is 11.8 Å². The van der Waals surface area contributed by atoms with E-state index in [9.17, 15) is 4.79 Å². The molecule has 0 atom stereocenters. The molecule has 7 heteroatoms. The molecule has 0 radical (unpaired) electrons. The van der Waals surface area contributed by atoms with Crippen molar-refractivity contribution in [2.75, 3.05) is 5.73 Å². The van der Waals surface area contributed by atoms with Gasteiger partial charge in [-0.25, -0.2) is 9.89 Å². The minimum atomic E-state index is -0.187. The van der Waals surface area contributed by atoms with Crippen LogP contribution in [0.15, 0.2) is 28.2 Å². The van der Waals surface area contributed by atoms with E-state index in [4.69, 9.17) is 17.3 Å². The molecule has 2 aromatic rings. The highest BCUT2D eigenvalue weighted by atomic mass is 35.5. The van der Waals surface area contributed by atoms with E-state index >= 15 is 0 Å². The summed E-state index contributed by atoms with van der Waals surface area (Å²) in [5.74, 6) is 0.679. The monoisotopic (exact) mass is 298 g/mol. The van der Waals surface area contributed by atoms with Gasteiger partial charge in [0.1, 0.15) is 0 Å². The number of anilines is 1. The number of rotatable bonds is 4. The summed E-state index contributed by atoms with van der Waals surface area (Å²) >= 11 is 7.36. The molecule has 1 aromatic carbocycles. The van der Waals surface area contributed by atoms with E-state index in [1.807, 2.05) is 26.0 Å². The maximum Gasteiger partial charge on any atom is 0.344 e. The Hall–Kier alpha value is -1.40. The molecule has 5 nitrogen and oxygen atoms in total. The number of thioether (sulfide) groups is 1. The van der Waals surface area contributed by atoms with Gasteiger partial charge in [-0.3, -0.25) is 4.57 Å². The Morgan fingerprint density at radius 3 is 2.89 bits per heavy atom. The van der Waals surface area contributed by atoms with E-state index in [0.717, 1.165) is 5.56 Å². The van der Waals surface area contributed by atoms with E-state index < -0.39 is 0 Å². The van der Waals surface area contributed by atoms with Crippen LogP contribution in [0.4, 0.5) is 5.69 Å². The summed E-state index contributed by atoms with van der Waals surface area (Å²) < 4.78 is 1.63. The van der Waals surface area contributed by atoms with Gasteiger partial charge in [0.25, 0.3) is 0 Å². The van der Waals surface area contributed by atoms with Gasteiger partial charge >= 0.3 is 5.69 Å². The van der Waals surface area contributed by atoms with Crippen LogP contribution in [-0.4, -0.2) is 14.8 Å². The summed E-state index contributed by atoms with van der Waals surface area (Å²) in [6, 6.07) is 5.59. The molecule has 0 fully saturated rings. The number of nitrogens with two attached hydrogens (primary N) is 1. The number of nitrogens with one attached hydrogen (secondary N) is 1. The second-order valence-corrected chi connectivity index (χ2v) is 5.77. The second kappa shape index (κ2) is 5.71. The average molecular weight is 299 g/mol. The molecule has 1 heterocycles. The molecule has 3 N–H and O–H groups in total. The first kappa shape index (κ1) is 14.0. The number of aromatic amines is 1. The van der Waals surface area contributed by atoms with Crippen LogP contribution in [0, 0.1) is 0 Å². The Morgan fingerprint density at radius 2 is 2.26 bits per heavy atom. The topological polar surface area (TPSA) is 76.7 Å². The summed E-state index contributed by atoms with van der Waals surface area (Å²) in [5, 5.41) is 7.71. The van der Waals surface area contributed by atoms with Crippen LogP contribution in [-0.2, 0) is 5.75 Å². The molecule has 102 valence electrons. The third kappa shape index (κ3) is 3.13. The Bertz CT molecular complexity index is 635. The fourth-order valence-electron chi connectivity index (χ4n) is 1.68. The number of benzene rings is 1. The zero-order valence-electron chi connectivity index (χ0n) is 10.7. The predicted octanol–water partition coefficient (Wildman–Crippen LogP) is 2.68. The normalized spacial score (nSPS) is 11.2. The minimum absolute atomic E-state index is 0.0732. The van der Waals surface area contributed by atoms with E-state index in [2.05, 4.69) is 10.2 Å². The molecule has 0 bridgehead atoms. The Morgan fingerprint density at radius 1 is 1.53 bits per heavy atom. The first-order valence-electron chi connectivity index (χ1n) is 5.82. The fourth-order valence-corrected chi connectivity index (χ4v) is 2.81. The number of aromatic nitrogens is 3. The van der Waals surface area contributed by atoms with Crippen molar-refractivity contribution in [3.63, 3.8) is 0 Å². The lowest BCUT2D eigenvalue weighted by molar-refractivity contribution is 0.534. The maximum absolute atomic E-state index is 11.6. The lowest BCUT2D eigenvalue weighted by Gasteiger charge is -2.08. The molecule has 0 saturated heterocycles. The maximum atomic E-state index is 11.6. The lowest BCUT2D eigenvalue weighted by atomic mass is 10.2. The second-order valence-electron chi connectivity index (χ2n) is 4.42. The van der Waals surface area contributed by atoms with Gasteiger partial charge in [0.05, 0.1) is 10.7 Å². The third-order valence-electron chi connectivity index (χ3n) is 2.62. The molecule has 0 aliphatic carbocycles. The molecular formula is C12H15ClN4OS. The summed E-state index contributed by atoms with van der Waals surface area (Å²) in [5.41, 5.74) is 7.16. The average Bonchev–Trinajstić information content (AvgIpc) is 2.72. The number of hydrogen-bond donors (Lipinski definition) is 2. The highest BCUT2D eigenvalue weighted by Crippen LogP contribution is 2.25. The predicted molar refractivity (Wildman–Crippen MR) is 78.7 cm³/mol. The highest BCUT2D eigenvalue weighted by molar-refractivity contribution is 7.98. The van der Waals surface area contributed by atoms with Crippen molar-refractivity contribution >= 4 is 29.1 Å². The van der Waals surface area contributed by atoms with Crippen molar-refractivity contribution in [1.82, 2.24) is 14.8 Å². The Balaban J connectivity index is 2.14. The first-order valence-corrected chi connectivity index (χ1v) is 7.19. The smallest absolute Gasteiger partial charge is 0.344 e. The van der Waals surface area contributed by atoms with Gasteiger partial charge in [0.2, 0.25) is 0 Å². The van der Waals surface area contributed by atoms with Crippen molar-refractivity contribution in [3.05, 3.63) is 39.3 Å². The van der Waals surface area contributed by atoms with Crippen molar-refractivity contribution in [2.24, 2.45) is 0 Å². The van der Waals surface area contributed by atoms with Crippen molar-refractivity contribution < 1.29 is 0 Å². The molecule has 1 aromatic heterocycles. The SMILES string of the molecule is CC(C)n1c(SCc2ccc(Cl)c(N)c2)n[nH]c1=O. The summed E-state index contributed by atoms with van der Waals surface area (Å²) in [6.45, 7) is 3.89. The van der Waals surface area contributed by atoms with Crippen LogP contribution in [0.3, 0.4) is 0 Å². The van der Waals surface area contributed by atoms with Crippen LogP contribution < -0.4 is 11.4 Å². The van der Waals surface area contributed by atoms with Crippen LogP contribution >= 0.6 is 23.4 Å².